The van der Waals surface area contributed by atoms with E-state index in [4.69, 9.17) is 23.7 Å². The number of aliphatic hydroxyl groups is 1. The van der Waals surface area contributed by atoms with E-state index in [1.807, 2.05) is 0 Å². The number of hydrogen-bond acceptors (Lipinski definition) is 7. The highest BCUT2D eigenvalue weighted by Crippen LogP contribution is 2.40. The lowest BCUT2D eigenvalue weighted by Gasteiger charge is -2.30. The van der Waals surface area contributed by atoms with E-state index >= 15 is 0 Å². The predicted octanol–water partition coefficient (Wildman–Crippen LogP) is 6.87. The van der Waals surface area contributed by atoms with Crippen molar-refractivity contribution >= 4 is 5.97 Å². The number of esters is 1. The first-order valence-electron chi connectivity index (χ1n) is 16.1. The third-order valence-electron chi connectivity index (χ3n) is 8.61. The van der Waals surface area contributed by atoms with Gasteiger partial charge in [-0.25, -0.2) is 0 Å². The van der Waals surface area contributed by atoms with E-state index in [1.54, 1.807) is 0 Å². The van der Waals surface area contributed by atoms with Gasteiger partial charge in [-0.3, -0.25) is 4.79 Å². The minimum Gasteiger partial charge on any atom is -0.469 e. The van der Waals surface area contributed by atoms with Crippen LogP contribution in [-0.2, 0) is 28.5 Å². The number of methoxy groups -OCH3 is 1. The van der Waals surface area contributed by atoms with Crippen LogP contribution in [0.15, 0.2) is 24.3 Å². The average molecular weight is 565 g/mol. The molecule has 8 atom stereocenters. The fourth-order valence-electron chi connectivity index (χ4n) is 6.19. The van der Waals surface area contributed by atoms with Crippen LogP contribution in [0.3, 0.4) is 0 Å². The Labute approximate surface area is 243 Å². The highest BCUT2D eigenvalue weighted by molar-refractivity contribution is 5.69. The molecule has 0 radical (unpaired) electrons. The molecule has 230 valence electrons. The molecule has 40 heavy (non-hydrogen) atoms. The molecule has 2 heterocycles. The summed E-state index contributed by atoms with van der Waals surface area (Å²) in [4.78, 5) is 11.4. The van der Waals surface area contributed by atoms with Crippen molar-refractivity contribution in [3.05, 3.63) is 24.3 Å². The van der Waals surface area contributed by atoms with Crippen molar-refractivity contribution in [1.29, 1.82) is 0 Å². The van der Waals surface area contributed by atoms with Gasteiger partial charge in [-0.15, -0.1) is 0 Å². The summed E-state index contributed by atoms with van der Waals surface area (Å²) in [5, 5.41) is 11.1. The van der Waals surface area contributed by atoms with Crippen molar-refractivity contribution in [2.24, 2.45) is 17.8 Å². The lowest BCUT2D eigenvalue weighted by atomic mass is 9.89. The Balaban J connectivity index is 1.69. The fourth-order valence-corrected chi connectivity index (χ4v) is 6.19. The predicted molar refractivity (Wildman–Crippen MR) is 157 cm³/mol. The summed E-state index contributed by atoms with van der Waals surface area (Å²) in [5.74, 6) is 0.531. The number of allylic oxidation sites excluding steroid dienone is 2. The molecule has 1 aliphatic carbocycles. The van der Waals surface area contributed by atoms with Gasteiger partial charge in [0, 0.05) is 32.0 Å². The first-order chi connectivity index (χ1) is 19.5. The van der Waals surface area contributed by atoms with Crippen molar-refractivity contribution in [3.63, 3.8) is 0 Å². The minimum absolute atomic E-state index is 0.0196. The van der Waals surface area contributed by atoms with Crippen LogP contribution in [0.4, 0.5) is 0 Å². The van der Waals surface area contributed by atoms with E-state index in [1.165, 1.54) is 26.4 Å². The standard InChI is InChI=1S/C33H56O7/c1-4-5-14-25(2)23-26(39-32-17-10-12-21-37-32)19-20-28-27(15-8-6-7-9-16-31(35)36-3)29(34)24-30(28)40-33-18-11-13-22-38-33/h6,8,19-20,25-30,32-34H,4-5,7,9-18,21-24H2,1-3H3/b8-6-,20-19+/t25-,26?,27+,28+,29-,30+,32?,33?/m0/s1. The number of aliphatic hydroxyl groups excluding tert-OH is 1. The van der Waals surface area contributed by atoms with Gasteiger partial charge in [0.1, 0.15) is 0 Å². The summed E-state index contributed by atoms with van der Waals surface area (Å²) < 4.78 is 29.6. The molecule has 0 aromatic carbocycles. The van der Waals surface area contributed by atoms with Crippen LogP contribution in [0, 0.1) is 17.8 Å². The third kappa shape index (κ3) is 11.9. The zero-order valence-electron chi connectivity index (χ0n) is 25.3. The smallest absolute Gasteiger partial charge is 0.305 e. The van der Waals surface area contributed by atoms with Crippen molar-refractivity contribution in [3.8, 4) is 0 Å². The summed E-state index contributed by atoms with van der Waals surface area (Å²) in [7, 11) is 1.42. The normalized spacial score (nSPS) is 31.1. The maximum atomic E-state index is 11.4. The second-order valence-corrected chi connectivity index (χ2v) is 12.0. The van der Waals surface area contributed by atoms with Gasteiger partial charge in [0.05, 0.1) is 25.4 Å². The van der Waals surface area contributed by atoms with Crippen LogP contribution in [0.2, 0.25) is 0 Å². The number of hydrogen-bond donors (Lipinski definition) is 1. The lowest BCUT2D eigenvalue weighted by molar-refractivity contribution is -0.193. The average Bonchev–Trinajstić information content (AvgIpc) is 3.26. The van der Waals surface area contributed by atoms with E-state index in [-0.39, 0.29) is 42.6 Å². The zero-order chi connectivity index (χ0) is 28.6. The van der Waals surface area contributed by atoms with Crippen LogP contribution in [0.1, 0.15) is 110 Å². The molecule has 0 amide bonds. The summed E-state index contributed by atoms with van der Waals surface area (Å²) in [6.45, 7) is 6.07. The van der Waals surface area contributed by atoms with Crippen LogP contribution in [0.5, 0.6) is 0 Å². The molecule has 1 N–H and O–H groups in total. The Morgan fingerprint density at radius 1 is 1.05 bits per heavy atom. The maximum absolute atomic E-state index is 11.4. The molecular formula is C33H56O7. The van der Waals surface area contributed by atoms with E-state index in [0.717, 1.165) is 77.4 Å². The molecule has 0 aromatic heterocycles. The Hall–Kier alpha value is -1.25. The largest absolute Gasteiger partial charge is 0.469 e. The summed E-state index contributed by atoms with van der Waals surface area (Å²) in [6.07, 6.45) is 22.2. The molecule has 0 aromatic rings. The monoisotopic (exact) mass is 564 g/mol. The van der Waals surface area contributed by atoms with Crippen LogP contribution >= 0.6 is 0 Å². The number of ether oxygens (including phenoxy) is 5. The van der Waals surface area contributed by atoms with Gasteiger partial charge < -0.3 is 28.8 Å². The second kappa shape index (κ2) is 19.0. The summed E-state index contributed by atoms with van der Waals surface area (Å²) >= 11 is 0. The lowest BCUT2D eigenvalue weighted by Crippen LogP contribution is -2.31. The Bertz CT molecular complexity index is 741. The van der Waals surface area contributed by atoms with Gasteiger partial charge in [0.25, 0.3) is 0 Å². The van der Waals surface area contributed by atoms with E-state index in [2.05, 4.69) is 38.2 Å². The molecule has 7 heteroatoms. The Morgan fingerprint density at radius 2 is 1.80 bits per heavy atom. The molecule has 3 aliphatic rings. The third-order valence-corrected chi connectivity index (χ3v) is 8.61. The SMILES string of the molecule is CCCC[C@H](C)CC(/C=C/[C@@H]1[C@@H](C/C=C\CCCC(=O)OC)[C@@H](O)C[C@H]1OC1CCCCO1)OC1CCCCO1. The molecule has 0 spiro atoms. The molecular weight excluding hydrogens is 508 g/mol. The van der Waals surface area contributed by atoms with Crippen molar-refractivity contribution in [2.75, 3.05) is 20.3 Å². The number of rotatable bonds is 17. The Morgan fingerprint density at radius 3 is 2.48 bits per heavy atom. The second-order valence-electron chi connectivity index (χ2n) is 12.0. The topological polar surface area (TPSA) is 83.5 Å². The van der Waals surface area contributed by atoms with Crippen molar-refractivity contribution in [2.45, 2.75) is 141 Å². The van der Waals surface area contributed by atoms with E-state index in [0.29, 0.717) is 18.8 Å². The van der Waals surface area contributed by atoms with Crippen LogP contribution < -0.4 is 0 Å². The van der Waals surface area contributed by atoms with Gasteiger partial charge >= 0.3 is 5.97 Å². The Kier molecular flexibility index (Phi) is 15.8. The minimum atomic E-state index is -0.438. The molecule has 1 saturated carbocycles. The van der Waals surface area contributed by atoms with Gasteiger partial charge in [0.15, 0.2) is 12.6 Å². The van der Waals surface area contributed by atoms with Crippen LogP contribution in [-0.4, -0.2) is 62.3 Å². The highest BCUT2D eigenvalue weighted by Gasteiger charge is 2.42. The zero-order valence-corrected chi connectivity index (χ0v) is 25.3. The maximum Gasteiger partial charge on any atom is 0.305 e. The molecule has 2 saturated heterocycles. The summed E-state index contributed by atoms with van der Waals surface area (Å²) in [6, 6.07) is 0. The first kappa shape index (κ1) is 33.3. The molecule has 3 fully saturated rings. The highest BCUT2D eigenvalue weighted by atomic mass is 16.7. The number of unbranched alkanes of at least 4 members (excludes halogenated alkanes) is 2. The van der Waals surface area contributed by atoms with Gasteiger partial charge in [-0.1, -0.05) is 57.4 Å². The quantitative estimate of drug-likeness (QED) is 0.117. The summed E-state index contributed by atoms with van der Waals surface area (Å²) in [5.41, 5.74) is 0. The van der Waals surface area contributed by atoms with Crippen molar-refractivity contribution in [1.82, 2.24) is 0 Å². The van der Waals surface area contributed by atoms with E-state index in [9.17, 15) is 9.90 Å². The van der Waals surface area contributed by atoms with Gasteiger partial charge in [-0.05, 0) is 76.0 Å². The fraction of sp³-hybridized carbons (Fsp3) is 0.848. The van der Waals surface area contributed by atoms with E-state index < -0.39 is 6.10 Å². The first-order valence-corrected chi connectivity index (χ1v) is 16.1. The van der Waals surface area contributed by atoms with Crippen molar-refractivity contribution < 1.29 is 33.6 Å². The van der Waals surface area contributed by atoms with Crippen LogP contribution in [0.25, 0.3) is 0 Å². The molecule has 3 rings (SSSR count). The number of carbonyl (C=O) groups is 1. The molecule has 3 unspecified atom stereocenters. The molecule has 2 aliphatic heterocycles. The van der Waals surface area contributed by atoms with Gasteiger partial charge in [-0.2, -0.15) is 0 Å². The molecule has 0 bridgehead atoms. The number of carbonyl (C=O) groups excluding carboxylic acids is 1. The molecule has 7 nitrogen and oxygen atoms in total. The van der Waals surface area contributed by atoms with Gasteiger partial charge in [0.2, 0.25) is 0 Å².